The summed E-state index contributed by atoms with van der Waals surface area (Å²) in [5, 5.41) is 17.6. The molecule has 0 aliphatic rings. The number of rotatable bonds is 2. The van der Waals surface area contributed by atoms with Gasteiger partial charge in [0.1, 0.15) is 0 Å². The van der Waals surface area contributed by atoms with Crippen LogP contribution in [0.15, 0.2) is 0 Å². The van der Waals surface area contributed by atoms with Crippen LogP contribution in [0, 0.1) is 13.8 Å². The van der Waals surface area contributed by atoms with E-state index in [9.17, 15) is 9.59 Å². The largest absolute Gasteiger partial charge is 0.478 e. The normalized spacial score (nSPS) is 10.1. The fourth-order valence-corrected chi connectivity index (χ4v) is 1.38. The lowest BCUT2D eigenvalue weighted by Gasteiger charge is -1.98. The number of nitrogen functional groups attached to an aromatic ring is 1. The molecule has 0 atom stereocenters. The lowest BCUT2D eigenvalue weighted by Crippen LogP contribution is -2.12. The predicted octanol–water partition coefficient (Wildman–Crippen LogP) is 0.215. The van der Waals surface area contributed by atoms with Gasteiger partial charge in [-0.05, 0) is 13.8 Å². The second kappa shape index (κ2) is 3.06. The van der Waals surface area contributed by atoms with Crippen LogP contribution in [0.4, 0.5) is 0 Å². The van der Waals surface area contributed by atoms with Gasteiger partial charge in [0.25, 0.3) is 0 Å². The minimum atomic E-state index is -1.28. The minimum Gasteiger partial charge on any atom is -0.478 e. The van der Waals surface area contributed by atoms with E-state index < -0.39 is 11.9 Å². The summed E-state index contributed by atoms with van der Waals surface area (Å²) in [7, 11) is 0. The van der Waals surface area contributed by atoms with Crippen molar-refractivity contribution >= 4 is 11.9 Å². The number of carboxylic acid groups (broad SMARTS) is 2. The van der Waals surface area contributed by atoms with Crippen molar-refractivity contribution in [1.29, 1.82) is 0 Å². The highest BCUT2D eigenvalue weighted by Crippen LogP contribution is 2.20. The Bertz CT molecular complexity index is 382. The van der Waals surface area contributed by atoms with Crippen LogP contribution in [0.1, 0.15) is 32.1 Å². The first kappa shape index (κ1) is 10.1. The van der Waals surface area contributed by atoms with Gasteiger partial charge in [-0.3, -0.25) is 4.68 Å². The van der Waals surface area contributed by atoms with Gasteiger partial charge in [-0.15, -0.1) is 0 Å². The zero-order valence-electron chi connectivity index (χ0n) is 7.74. The molecule has 1 rings (SSSR count). The standard InChI is InChI=1S/C8H10N2O4/c1-3-5(7(11)12)6(8(13)14)4(2)10(3)9/h9H2,1-2H3,(H,11,12)(H,13,14). The van der Waals surface area contributed by atoms with E-state index in [0.29, 0.717) is 0 Å². The Kier molecular flexibility index (Phi) is 2.21. The summed E-state index contributed by atoms with van der Waals surface area (Å²) < 4.78 is 1.06. The van der Waals surface area contributed by atoms with Gasteiger partial charge in [0.05, 0.1) is 22.5 Å². The summed E-state index contributed by atoms with van der Waals surface area (Å²) in [6.45, 7) is 2.92. The molecule has 0 radical (unpaired) electrons. The molecule has 0 saturated carbocycles. The molecule has 0 fully saturated rings. The lowest BCUT2D eigenvalue weighted by molar-refractivity contribution is 0.0651. The third-order valence-electron chi connectivity index (χ3n) is 2.12. The first-order valence-electron chi connectivity index (χ1n) is 3.81. The van der Waals surface area contributed by atoms with Crippen LogP contribution in [-0.2, 0) is 0 Å². The van der Waals surface area contributed by atoms with Gasteiger partial charge in [0.15, 0.2) is 0 Å². The van der Waals surface area contributed by atoms with Crippen LogP contribution in [-0.4, -0.2) is 26.8 Å². The number of aromatic nitrogens is 1. The van der Waals surface area contributed by atoms with Gasteiger partial charge in [-0.1, -0.05) is 0 Å². The van der Waals surface area contributed by atoms with Crippen LogP contribution in [0.3, 0.4) is 0 Å². The average Bonchev–Trinajstić information content (AvgIpc) is 2.29. The van der Waals surface area contributed by atoms with E-state index in [-0.39, 0.29) is 22.5 Å². The number of carbonyl (C=O) groups is 2. The number of nitrogens with two attached hydrogens (primary N) is 1. The smallest absolute Gasteiger partial charge is 0.338 e. The fourth-order valence-electron chi connectivity index (χ4n) is 1.38. The number of hydrogen-bond acceptors (Lipinski definition) is 3. The molecular formula is C8H10N2O4. The summed E-state index contributed by atoms with van der Waals surface area (Å²) in [6.07, 6.45) is 0. The summed E-state index contributed by atoms with van der Waals surface area (Å²) in [4.78, 5) is 21.6. The zero-order valence-corrected chi connectivity index (χ0v) is 7.74. The summed E-state index contributed by atoms with van der Waals surface area (Å²) >= 11 is 0. The molecule has 6 nitrogen and oxygen atoms in total. The molecular weight excluding hydrogens is 188 g/mol. The highest BCUT2D eigenvalue weighted by molar-refractivity contribution is 6.03. The van der Waals surface area contributed by atoms with Crippen molar-refractivity contribution < 1.29 is 19.8 Å². The Morgan fingerprint density at radius 1 is 1.07 bits per heavy atom. The molecule has 0 aliphatic heterocycles. The van der Waals surface area contributed by atoms with E-state index in [0.717, 1.165) is 4.68 Å². The Balaban J connectivity index is 3.62. The van der Waals surface area contributed by atoms with Crippen LogP contribution in [0.25, 0.3) is 0 Å². The summed E-state index contributed by atoms with van der Waals surface area (Å²) in [5.74, 6) is 2.90. The average molecular weight is 198 g/mol. The molecule has 6 heteroatoms. The van der Waals surface area contributed by atoms with E-state index >= 15 is 0 Å². The number of carboxylic acids is 2. The highest BCUT2D eigenvalue weighted by Gasteiger charge is 2.26. The monoisotopic (exact) mass is 198 g/mol. The van der Waals surface area contributed by atoms with Crippen molar-refractivity contribution in [3.8, 4) is 0 Å². The number of hydrogen-bond donors (Lipinski definition) is 3. The van der Waals surface area contributed by atoms with Gasteiger partial charge in [-0.2, -0.15) is 0 Å². The maximum Gasteiger partial charge on any atom is 0.338 e. The maximum absolute atomic E-state index is 10.8. The minimum absolute atomic E-state index is 0.229. The molecule has 0 aliphatic carbocycles. The van der Waals surface area contributed by atoms with Gasteiger partial charge in [0.2, 0.25) is 0 Å². The molecule has 1 heterocycles. The van der Waals surface area contributed by atoms with Crippen molar-refractivity contribution in [3.63, 3.8) is 0 Å². The molecule has 4 N–H and O–H groups in total. The van der Waals surface area contributed by atoms with Crippen molar-refractivity contribution in [2.45, 2.75) is 13.8 Å². The molecule has 0 amide bonds. The molecule has 0 unspecified atom stereocenters. The van der Waals surface area contributed by atoms with E-state index in [1.165, 1.54) is 13.8 Å². The third-order valence-corrected chi connectivity index (χ3v) is 2.12. The van der Waals surface area contributed by atoms with Crippen molar-refractivity contribution in [3.05, 3.63) is 22.5 Å². The molecule has 0 saturated heterocycles. The van der Waals surface area contributed by atoms with Crippen molar-refractivity contribution in [1.82, 2.24) is 4.68 Å². The number of aromatic carboxylic acids is 2. The third kappa shape index (κ3) is 1.20. The van der Waals surface area contributed by atoms with Crippen molar-refractivity contribution in [2.75, 3.05) is 5.84 Å². The summed E-state index contributed by atoms with van der Waals surface area (Å²) in [5.41, 5.74) is -0.0465. The van der Waals surface area contributed by atoms with Crippen LogP contribution in [0.2, 0.25) is 0 Å². The number of nitrogens with zero attached hydrogens (tertiary/aromatic N) is 1. The molecule has 76 valence electrons. The van der Waals surface area contributed by atoms with E-state index in [4.69, 9.17) is 16.1 Å². The molecule has 1 aromatic heterocycles. The highest BCUT2D eigenvalue weighted by atomic mass is 16.4. The Morgan fingerprint density at radius 3 is 1.57 bits per heavy atom. The van der Waals surface area contributed by atoms with Crippen LogP contribution in [0.5, 0.6) is 0 Å². The molecule has 0 aromatic carbocycles. The van der Waals surface area contributed by atoms with Gasteiger partial charge < -0.3 is 16.1 Å². The molecule has 0 bridgehead atoms. The quantitative estimate of drug-likeness (QED) is 0.589. The zero-order chi connectivity index (χ0) is 11.0. The summed E-state index contributed by atoms with van der Waals surface area (Å²) in [6, 6.07) is 0. The van der Waals surface area contributed by atoms with Gasteiger partial charge in [-0.25, -0.2) is 9.59 Å². The first-order valence-corrected chi connectivity index (χ1v) is 3.81. The van der Waals surface area contributed by atoms with Crippen LogP contribution < -0.4 is 5.84 Å². The topological polar surface area (TPSA) is 106 Å². The maximum atomic E-state index is 10.8. The second-order valence-electron chi connectivity index (χ2n) is 2.90. The van der Waals surface area contributed by atoms with Gasteiger partial charge in [0, 0.05) is 0 Å². The van der Waals surface area contributed by atoms with E-state index in [1.54, 1.807) is 0 Å². The second-order valence-corrected chi connectivity index (χ2v) is 2.90. The molecule has 14 heavy (non-hydrogen) atoms. The SMILES string of the molecule is Cc1c(C(=O)O)c(C(=O)O)c(C)n1N. The van der Waals surface area contributed by atoms with E-state index in [1.807, 2.05) is 0 Å². The predicted molar refractivity (Wildman–Crippen MR) is 48.0 cm³/mol. The van der Waals surface area contributed by atoms with Gasteiger partial charge >= 0.3 is 11.9 Å². The Morgan fingerprint density at radius 2 is 1.36 bits per heavy atom. The van der Waals surface area contributed by atoms with Crippen molar-refractivity contribution in [2.24, 2.45) is 0 Å². The lowest BCUT2D eigenvalue weighted by atomic mass is 10.1. The molecule has 1 aromatic rings. The Hall–Kier alpha value is -1.98. The fraction of sp³-hybridized carbons (Fsp3) is 0.250. The molecule has 0 spiro atoms. The van der Waals surface area contributed by atoms with E-state index in [2.05, 4.69) is 0 Å². The van der Waals surface area contributed by atoms with Crippen LogP contribution >= 0.6 is 0 Å². The first-order chi connectivity index (χ1) is 6.37. The Labute approximate surface area is 79.5 Å².